The number of aryl methyl sites for hydroxylation is 2. The second-order valence-corrected chi connectivity index (χ2v) is 10.6. The number of hydrogen-bond acceptors (Lipinski definition) is 8. The highest BCUT2D eigenvalue weighted by molar-refractivity contribution is 6.38. The number of ether oxygens (including phenoxy) is 1. The number of rotatable bonds is 8. The number of fused-ring (bicyclic) bond motifs is 2. The van der Waals surface area contributed by atoms with Gasteiger partial charge in [-0.25, -0.2) is 9.59 Å². The fourth-order valence-electron chi connectivity index (χ4n) is 5.23. The maximum atomic E-state index is 13.6. The summed E-state index contributed by atoms with van der Waals surface area (Å²) >= 11 is 6.29. The zero-order valence-corrected chi connectivity index (χ0v) is 23.6. The zero-order chi connectivity index (χ0) is 29.9. The number of hydrogen-bond donors (Lipinski definition) is 3. The molecule has 2 unspecified atom stereocenters. The predicted octanol–water partition coefficient (Wildman–Crippen LogP) is 3.12. The Labute approximate surface area is 242 Å². The number of aromatic nitrogens is 6. The Balaban J connectivity index is 1.32. The molecular formula is C28H26ClN7O6. The molecule has 3 N–H and O–H groups in total. The summed E-state index contributed by atoms with van der Waals surface area (Å²) < 4.78 is 9.08. The molecule has 13 nitrogen and oxygen atoms in total. The number of aromatic carboxylic acids is 1. The molecule has 1 aliphatic carbocycles. The second kappa shape index (κ2) is 10.2. The Morgan fingerprint density at radius 2 is 1.98 bits per heavy atom. The lowest BCUT2D eigenvalue weighted by molar-refractivity contribution is -0.144. The number of carboxylic acids is 1. The molecule has 42 heavy (non-hydrogen) atoms. The summed E-state index contributed by atoms with van der Waals surface area (Å²) in [7, 11) is 3.20. The van der Waals surface area contributed by atoms with Crippen LogP contribution in [0.5, 0.6) is 0 Å². The number of carbonyl (C=O) groups excluding carboxylic acids is 1. The molecule has 4 heterocycles. The number of anilines is 2. The van der Waals surface area contributed by atoms with Gasteiger partial charge in [-0.2, -0.15) is 4.98 Å². The molecule has 4 aromatic heterocycles. The molecule has 0 amide bonds. The van der Waals surface area contributed by atoms with Gasteiger partial charge in [-0.05, 0) is 43.7 Å². The van der Waals surface area contributed by atoms with Crippen LogP contribution in [0.25, 0.3) is 22.1 Å². The molecule has 0 aliphatic heterocycles. The number of aromatic amines is 1. The van der Waals surface area contributed by atoms with E-state index in [9.17, 15) is 24.3 Å². The minimum Gasteiger partial charge on any atom is -0.478 e. The predicted molar refractivity (Wildman–Crippen MR) is 155 cm³/mol. The SMILES string of the molecule is CCOC(=O)C1CC1c1cc(Nc2nc3c(c(=O)n(Cc4cc5c(Cl)c(C(=O)O)ccc5[nH]4)c(=O)n3C)n2C)ccn1. The van der Waals surface area contributed by atoms with Gasteiger partial charge in [0.1, 0.15) is 0 Å². The summed E-state index contributed by atoms with van der Waals surface area (Å²) in [6, 6.07) is 8.19. The van der Waals surface area contributed by atoms with Crippen molar-refractivity contribution in [3.05, 3.63) is 79.3 Å². The number of halogens is 1. The maximum absolute atomic E-state index is 13.6. The zero-order valence-electron chi connectivity index (χ0n) is 22.8. The Hall–Kier alpha value is -4.91. The topological polar surface area (TPSA) is 166 Å². The monoisotopic (exact) mass is 591 g/mol. The molecule has 216 valence electrons. The van der Waals surface area contributed by atoms with Gasteiger partial charge in [-0.15, -0.1) is 0 Å². The van der Waals surface area contributed by atoms with E-state index in [-0.39, 0.29) is 46.1 Å². The van der Waals surface area contributed by atoms with E-state index in [0.29, 0.717) is 41.3 Å². The summed E-state index contributed by atoms with van der Waals surface area (Å²) in [4.78, 5) is 62.5. The molecule has 1 saturated carbocycles. The van der Waals surface area contributed by atoms with E-state index in [1.807, 2.05) is 6.07 Å². The van der Waals surface area contributed by atoms with E-state index in [4.69, 9.17) is 16.3 Å². The van der Waals surface area contributed by atoms with Gasteiger partial charge >= 0.3 is 17.6 Å². The summed E-state index contributed by atoms with van der Waals surface area (Å²) in [5.41, 5.74) is 1.74. The molecule has 0 bridgehead atoms. The fourth-order valence-corrected chi connectivity index (χ4v) is 5.53. The number of nitrogens with one attached hydrogen (secondary N) is 2. The standard InChI is InChI=1S/C28H26ClN7O6/c1-4-42-26(40)17-11-16(17)20-10-13(7-8-30-20)32-27-33-23-22(34(27)2)24(37)36(28(41)35(23)3)12-14-9-18-19(31-14)6-5-15(21(18)29)25(38)39/h5-10,16-17,31H,4,11-12H2,1-3H3,(H,38,39)(H,30,32,33). The van der Waals surface area contributed by atoms with Gasteiger partial charge in [0.15, 0.2) is 11.2 Å². The van der Waals surface area contributed by atoms with Gasteiger partial charge in [-0.1, -0.05) is 11.6 Å². The highest BCUT2D eigenvalue weighted by Gasteiger charge is 2.46. The Morgan fingerprint density at radius 3 is 2.71 bits per heavy atom. The summed E-state index contributed by atoms with van der Waals surface area (Å²) in [5, 5.41) is 13.1. The van der Waals surface area contributed by atoms with E-state index in [1.54, 1.807) is 42.9 Å². The van der Waals surface area contributed by atoms with Crippen LogP contribution in [0.2, 0.25) is 5.02 Å². The molecule has 0 spiro atoms. The number of H-pyrrole nitrogens is 1. The van der Waals surface area contributed by atoms with Crippen molar-refractivity contribution in [1.82, 2.24) is 28.7 Å². The molecule has 6 rings (SSSR count). The molecule has 1 fully saturated rings. The lowest BCUT2D eigenvalue weighted by Gasteiger charge is -2.08. The van der Waals surface area contributed by atoms with Crippen LogP contribution in [-0.4, -0.2) is 52.3 Å². The van der Waals surface area contributed by atoms with Crippen molar-refractivity contribution in [2.24, 2.45) is 20.0 Å². The summed E-state index contributed by atoms with van der Waals surface area (Å²) in [5.74, 6) is -1.27. The van der Waals surface area contributed by atoms with E-state index < -0.39 is 17.2 Å². The van der Waals surface area contributed by atoms with Crippen LogP contribution >= 0.6 is 11.6 Å². The third-order valence-electron chi connectivity index (χ3n) is 7.51. The van der Waals surface area contributed by atoms with Gasteiger partial charge in [0.2, 0.25) is 5.95 Å². The molecule has 0 saturated heterocycles. The first-order chi connectivity index (χ1) is 20.1. The first kappa shape index (κ1) is 27.3. The van der Waals surface area contributed by atoms with Crippen molar-refractivity contribution in [1.29, 1.82) is 0 Å². The highest BCUT2D eigenvalue weighted by atomic mass is 35.5. The first-order valence-corrected chi connectivity index (χ1v) is 13.6. The molecular weight excluding hydrogens is 566 g/mol. The highest BCUT2D eigenvalue weighted by Crippen LogP contribution is 2.47. The van der Waals surface area contributed by atoms with Crippen LogP contribution in [-0.2, 0) is 30.2 Å². The number of carbonyl (C=O) groups is 2. The molecule has 0 radical (unpaired) electrons. The van der Waals surface area contributed by atoms with Crippen molar-refractivity contribution >= 4 is 57.2 Å². The van der Waals surface area contributed by atoms with Crippen LogP contribution in [0.4, 0.5) is 11.6 Å². The Kier molecular flexibility index (Phi) is 6.61. The molecule has 5 aromatic rings. The van der Waals surface area contributed by atoms with Gasteiger partial charge in [-0.3, -0.25) is 23.7 Å². The quantitative estimate of drug-likeness (QED) is 0.230. The maximum Gasteiger partial charge on any atom is 0.337 e. The molecule has 1 aliphatic rings. The third kappa shape index (κ3) is 4.51. The van der Waals surface area contributed by atoms with Gasteiger partial charge in [0.25, 0.3) is 5.56 Å². The number of carboxylic acid groups (broad SMARTS) is 1. The third-order valence-corrected chi connectivity index (χ3v) is 7.92. The Bertz CT molecular complexity index is 2040. The van der Waals surface area contributed by atoms with Crippen LogP contribution in [0.15, 0.2) is 46.1 Å². The second-order valence-electron chi connectivity index (χ2n) is 10.2. The van der Waals surface area contributed by atoms with Crippen LogP contribution in [0.3, 0.4) is 0 Å². The van der Waals surface area contributed by atoms with Gasteiger partial charge in [0, 0.05) is 54.2 Å². The molecule has 1 aromatic carbocycles. The van der Waals surface area contributed by atoms with E-state index >= 15 is 0 Å². The van der Waals surface area contributed by atoms with Crippen LogP contribution in [0, 0.1) is 5.92 Å². The van der Waals surface area contributed by atoms with Crippen molar-refractivity contribution in [3.63, 3.8) is 0 Å². The van der Waals surface area contributed by atoms with Gasteiger partial charge < -0.3 is 24.7 Å². The largest absolute Gasteiger partial charge is 0.478 e. The minimum atomic E-state index is -1.16. The summed E-state index contributed by atoms with van der Waals surface area (Å²) in [6.07, 6.45) is 2.31. The first-order valence-electron chi connectivity index (χ1n) is 13.2. The van der Waals surface area contributed by atoms with Crippen LogP contribution in [0.1, 0.15) is 41.0 Å². The number of nitrogens with zero attached hydrogens (tertiary/aromatic N) is 5. The molecule has 2 atom stereocenters. The van der Waals surface area contributed by atoms with E-state index in [2.05, 4.69) is 20.3 Å². The van der Waals surface area contributed by atoms with E-state index in [1.165, 1.54) is 17.7 Å². The van der Waals surface area contributed by atoms with Crippen molar-refractivity contribution in [2.45, 2.75) is 25.8 Å². The number of imidazole rings is 1. The number of esters is 1. The minimum absolute atomic E-state index is 0.0190. The smallest absolute Gasteiger partial charge is 0.337 e. The number of benzene rings is 1. The Morgan fingerprint density at radius 1 is 1.19 bits per heavy atom. The number of pyridine rings is 1. The van der Waals surface area contributed by atoms with Gasteiger partial charge in [0.05, 0.1) is 29.7 Å². The normalized spacial score (nSPS) is 16.2. The molecule has 14 heteroatoms. The lowest BCUT2D eigenvalue weighted by Crippen LogP contribution is -2.39. The van der Waals surface area contributed by atoms with Crippen molar-refractivity contribution in [2.75, 3.05) is 11.9 Å². The van der Waals surface area contributed by atoms with E-state index in [0.717, 1.165) is 10.3 Å². The summed E-state index contributed by atoms with van der Waals surface area (Å²) in [6.45, 7) is 2.01. The van der Waals surface area contributed by atoms with Crippen molar-refractivity contribution < 1.29 is 19.4 Å². The van der Waals surface area contributed by atoms with Crippen LogP contribution < -0.4 is 16.6 Å². The fraction of sp³-hybridized carbons (Fsp3) is 0.286. The average Bonchev–Trinajstić information content (AvgIpc) is 3.56. The lowest BCUT2D eigenvalue weighted by atomic mass is 10.1. The average molecular weight is 592 g/mol. The van der Waals surface area contributed by atoms with Crippen molar-refractivity contribution in [3.8, 4) is 0 Å².